The molecule has 0 radical (unpaired) electrons. The highest BCUT2D eigenvalue weighted by Gasteiger charge is 2.38. The Hall–Kier alpha value is -2.68. The number of rotatable bonds is 3. The summed E-state index contributed by atoms with van der Waals surface area (Å²) in [5.41, 5.74) is 0. The average molecular weight is 358 g/mol. The van der Waals surface area contributed by atoms with Crippen LogP contribution in [0.2, 0.25) is 0 Å². The Morgan fingerprint density at radius 1 is 1.23 bits per heavy atom. The first kappa shape index (κ1) is 16.8. The highest BCUT2D eigenvalue weighted by molar-refractivity contribution is 5.91. The summed E-state index contributed by atoms with van der Waals surface area (Å²) in [6, 6.07) is 0. The van der Waals surface area contributed by atoms with E-state index in [9.17, 15) is 9.18 Å². The van der Waals surface area contributed by atoms with E-state index in [0.29, 0.717) is 31.3 Å². The van der Waals surface area contributed by atoms with Crippen molar-refractivity contribution in [3.8, 4) is 0 Å². The third-order valence-electron chi connectivity index (χ3n) is 4.84. The van der Waals surface area contributed by atoms with Gasteiger partial charge in [-0.05, 0) is 12.8 Å². The van der Waals surface area contributed by atoms with Crippen molar-refractivity contribution in [2.24, 2.45) is 11.8 Å². The fraction of sp³-hybridized carbons (Fsp3) is 0.471. The Morgan fingerprint density at radius 2 is 2.08 bits per heavy atom. The summed E-state index contributed by atoms with van der Waals surface area (Å²) in [4.78, 5) is 30.6. The van der Waals surface area contributed by atoms with Gasteiger partial charge in [-0.25, -0.2) is 19.3 Å². The van der Waals surface area contributed by atoms with Gasteiger partial charge >= 0.3 is 0 Å². The van der Waals surface area contributed by atoms with E-state index in [4.69, 9.17) is 4.74 Å². The molecule has 136 valence electrons. The number of piperidine rings is 1. The Bertz CT molecular complexity index is 760. The monoisotopic (exact) mass is 358 g/mol. The van der Waals surface area contributed by atoms with Gasteiger partial charge in [0.15, 0.2) is 11.6 Å². The number of ether oxygens (including phenoxy) is 1. The lowest BCUT2D eigenvalue weighted by Gasteiger charge is -2.43. The lowest BCUT2D eigenvalue weighted by atomic mass is 9.83. The lowest BCUT2D eigenvalue weighted by Crippen LogP contribution is -2.50. The molecule has 0 aliphatic carbocycles. The van der Waals surface area contributed by atoms with Gasteiger partial charge in [-0.15, -0.1) is 0 Å². The minimum atomic E-state index is -0.453. The largest absolute Gasteiger partial charge is 0.377 e. The highest BCUT2D eigenvalue weighted by atomic mass is 19.1. The molecule has 4 rings (SSSR count). The molecular weight excluding hydrogens is 339 g/mol. The third kappa shape index (κ3) is 3.62. The van der Waals surface area contributed by atoms with E-state index >= 15 is 0 Å². The van der Waals surface area contributed by atoms with Crippen molar-refractivity contribution in [3.63, 3.8) is 0 Å². The number of anilines is 2. The number of aromatic nitrogens is 4. The van der Waals surface area contributed by atoms with Crippen LogP contribution in [0, 0.1) is 17.7 Å². The smallest absolute Gasteiger partial charge is 0.231 e. The van der Waals surface area contributed by atoms with Crippen LogP contribution in [0.4, 0.5) is 16.2 Å². The molecule has 9 heteroatoms. The van der Waals surface area contributed by atoms with Crippen LogP contribution in [-0.4, -0.2) is 51.6 Å². The molecule has 2 aliphatic rings. The van der Waals surface area contributed by atoms with Crippen LogP contribution in [-0.2, 0) is 9.53 Å². The molecule has 2 aromatic rings. The first-order chi connectivity index (χ1) is 12.7. The summed E-state index contributed by atoms with van der Waals surface area (Å²) < 4.78 is 19.0. The van der Waals surface area contributed by atoms with Crippen LogP contribution >= 0.6 is 0 Å². The van der Waals surface area contributed by atoms with E-state index in [1.54, 1.807) is 6.20 Å². The van der Waals surface area contributed by atoms with Crippen LogP contribution in [0.25, 0.3) is 0 Å². The predicted molar refractivity (Wildman–Crippen MR) is 90.8 cm³/mol. The fourth-order valence-electron chi connectivity index (χ4n) is 3.55. The maximum Gasteiger partial charge on any atom is 0.231 e. The van der Waals surface area contributed by atoms with Gasteiger partial charge in [0.25, 0.3) is 0 Å². The van der Waals surface area contributed by atoms with Gasteiger partial charge in [0.2, 0.25) is 11.9 Å². The molecular formula is C17H19FN6O2. The second kappa shape index (κ2) is 7.28. The van der Waals surface area contributed by atoms with Gasteiger partial charge in [0.05, 0.1) is 37.2 Å². The predicted octanol–water partition coefficient (Wildman–Crippen LogP) is 1.28. The minimum absolute atomic E-state index is 0.112. The number of fused-ring (bicyclic) bond motifs is 1. The Balaban J connectivity index is 1.39. The summed E-state index contributed by atoms with van der Waals surface area (Å²) in [7, 11) is 0. The van der Waals surface area contributed by atoms with E-state index in [1.165, 1.54) is 24.8 Å². The molecule has 2 saturated heterocycles. The molecule has 0 unspecified atom stereocenters. The first-order valence-corrected chi connectivity index (χ1v) is 8.60. The molecule has 8 nitrogen and oxygen atoms in total. The zero-order valence-corrected chi connectivity index (χ0v) is 14.1. The van der Waals surface area contributed by atoms with Crippen molar-refractivity contribution in [1.82, 2.24) is 19.9 Å². The first-order valence-electron chi connectivity index (χ1n) is 8.60. The van der Waals surface area contributed by atoms with Crippen LogP contribution in [0.1, 0.15) is 12.8 Å². The number of hydrogen-bond acceptors (Lipinski definition) is 7. The molecule has 26 heavy (non-hydrogen) atoms. The maximum absolute atomic E-state index is 13.0. The summed E-state index contributed by atoms with van der Waals surface area (Å²) in [6.07, 6.45) is 8.62. The topological polar surface area (TPSA) is 93.1 Å². The Morgan fingerprint density at radius 3 is 2.85 bits per heavy atom. The normalized spacial score (nSPS) is 25.4. The molecule has 2 fully saturated rings. The molecule has 0 spiro atoms. The van der Waals surface area contributed by atoms with Crippen molar-refractivity contribution < 1.29 is 13.9 Å². The third-order valence-corrected chi connectivity index (χ3v) is 4.84. The van der Waals surface area contributed by atoms with Crippen LogP contribution in [0.15, 0.2) is 31.0 Å². The summed E-state index contributed by atoms with van der Waals surface area (Å²) >= 11 is 0. The molecule has 2 aromatic heterocycles. The van der Waals surface area contributed by atoms with Gasteiger partial charge in [-0.2, -0.15) is 0 Å². The van der Waals surface area contributed by atoms with E-state index < -0.39 is 5.82 Å². The zero-order valence-electron chi connectivity index (χ0n) is 14.1. The standard InChI is InChI=1S/C17H19FN6O2/c18-13-6-21-17(22-7-13)24-4-1-14-11(9-24)5-12(10-26-14)16(25)23-15-8-19-2-3-20-15/h2-3,6-8,11-12,14H,1,4-5,9-10H2,(H,20,23,25)/t11-,12-,14+/m1/s1. The zero-order chi connectivity index (χ0) is 17.9. The Labute approximate surface area is 149 Å². The van der Waals surface area contributed by atoms with Crippen molar-refractivity contribution >= 4 is 17.7 Å². The average Bonchev–Trinajstić information content (AvgIpc) is 2.68. The van der Waals surface area contributed by atoms with Gasteiger partial charge in [-0.1, -0.05) is 0 Å². The highest BCUT2D eigenvalue weighted by Crippen LogP contribution is 2.32. The quantitative estimate of drug-likeness (QED) is 0.883. The molecule has 2 aliphatic heterocycles. The van der Waals surface area contributed by atoms with Crippen molar-refractivity contribution in [2.45, 2.75) is 18.9 Å². The van der Waals surface area contributed by atoms with Crippen molar-refractivity contribution in [3.05, 3.63) is 36.8 Å². The lowest BCUT2D eigenvalue weighted by molar-refractivity contribution is -0.130. The van der Waals surface area contributed by atoms with E-state index in [0.717, 1.165) is 13.0 Å². The molecule has 3 atom stereocenters. The summed E-state index contributed by atoms with van der Waals surface area (Å²) in [5, 5.41) is 2.78. The minimum Gasteiger partial charge on any atom is -0.377 e. The van der Waals surface area contributed by atoms with Crippen LogP contribution in [0.5, 0.6) is 0 Å². The molecule has 4 heterocycles. The number of hydrogen-bond donors (Lipinski definition) is 1. The number of halogens is 1. The summed E-state index contributed by atoms with van der Waals surface area (Å²) in [5.74, 6) is 0.334. The van der Waals surface area contributed by atoms with Crippen LogP contribution in [0.3, 0.4) is 0 Å². The van der Waals surface area contributed by atoms with Gasteiger partial charge < -0.3 is 15.0 Å². The van der Waals surface area contributed by atoms with Gasteiger partial charge in [0.1, 0.15) is 0 Å². The molecule has 0 bridgehead atoms. The molecule has 1 amide bonds. The number of amides is 1. The van der Waals surface area contributed by atoms with Gasteiger partial charge in [0, 0.05) is 31.4 Å². The fourth-order valence-corrected chi connectivity index (χ4v) is 3.55. The van der Waals surface area contributed by atoms with Gasteiger partial charge in [-0.3, -0.25) is 9.78 Å². The number of carbonyl (C=O) groups is 1. The van der Waals surface area contributed by atoms with E-state index in [1.807, 2.05) is 4.90 Å². The van der Waals surface area contributed by atoms with Crippen molar-refractivity contribution in [2.75, 3.05) is 29.9 Å². The van der Waals surface area contributed by atoms with E-state index in [-0.39, 0.29) is 23.8 Å². The SMILES string of the molecule is O=C(Nc1cnccn1)[C@H]1CO[C@H]2CCN(c3ncc(F)cn3)C[C@H]2C1. The molecule has 0 saturated carbocycles. The van der Waals surface area contributed by atoms with E-state index in [2.05, 4.69) is 25.3 Å². The number of carbonyl (C=O) groups excluding carboxylic acids is 1. The second-order valence-electron chi connectivity index (χ2n) is 6.58. The molecule has 0 aromatic carbocycles. The van der Waals surface area contributed by atoms with Crippen LogP contribution < -0.4 is 10.2 Å². The summed E-state index contributed by atoms with van der Waals surface area (Å²) in [6.45, 7) is 1.84. The second-order valence-corrected chi connectivity index (χ2v) is 6.58. The van der Waals surface area contributed by atoms with Crippen molar-refractivity contribution in [1.29, 1.82) is 0 Å². The molecule has 1 N–H and O–H groups in total. The maximum atomic E-state index is 13.0. The number of nitrogens with zero attached hydrogens (tertiary/aromatic N) is 5. The number of nitrogens with one attached hydrogen (secondary N) is 1. The Kier molecular flexibility index (Phi) is 4.70.